The number of aromatic nitrogens is 2. The van der Waals surface area contributed by atoms with E-state index in [9.17, 15) is 4.79 Å². The van der Waals surface area contributed by atoms with E-state index in [-0.39, 0.29) is 18.6 Å². The lowest BCUT2D eigenvalue weighted by molar-refractivity contribution is -0.124. The van der Waals surface area contributed by atoms with E-state index >= 15 is 0 Å². The molecule has 1 N–H and O–H groups in total. The number of methoxy groups -OCH3 is 1. The van der Waals surface area contributed by atoms with Crippen LogP contribution in [0.5, 0.6) is 5.75 Å². The van der Waals surface area contributed by atoms with Gasteiger partial charge >= 0.3 is 0 Å². The number of hydrogen-bond donors (Lipinski definition) is 1. The molecule has 1 atom stereocenters. The van der Waals surface area contributed by atoms with Crippen LogP contribution in [0.3, 0.4) is 0 Å². The van der Waals surface area contributed by atoms with Gasteiger partial charge in [0.1, 0.15) is 5.75 Å². The van der Waals surface area contributed by atoms with Crippen molar-refractivity contribution < 1.29 is 14.3 Å². The van der Waals surface area contributed by atoms with Gasteiger partial charge in [-0.15, -0.1) is 0 Å². The maximum atomic E-state index is 12.2. The molecule has 0 spiro atoms. The lowest BCUT2D eigenvalue weighted by Gasteiger charge is -2.22. The predicted octanol–water partition coefficient (Wildman–Crippen LogP) is 2.10. The van der Waals surface area contributed by atoms with Crippen molar-refractivity contribution in [3.05, 3.63) is 47.8 Å². The number of hydrogen-bond acceptors (Lipinski definition) is 4. The summed E-state index contributed by atoms with van der Waals surface area (Å²) in [7, 11) is 1.68. The second kappa shape index (κ2) is 7.97. The molecular weight excluding hydrogens is 306 g/mol. The fourth-order valence-electron chi connectivity index (χ4n) is 2.94. The minimum Gasteiger partial charge on any atom is -0.484 e. The van der Waals surface area contributed by atoms with Gasteiger partial charge in [-0.3, -0.25) is 9.48 Å². The van der Waals surface area contributed by atoms with Crippen LogP contribution in [0.1, 0.15) is 30.1 Å². The topological polar surface area (TPSA) is 65.4 Å². The van der Waals surface area contributed by atoms with Gasteiger partial charge in [0.05, 0.1) is 24.9 Å². The largest absolute Gasteiger partial charge is 0.484 e. The first kappa shape index (κ1) is 16.5. The normalized spacial score (nSPS) is 16.5. The molecule has 3 rings (SSSR count). The number of nitrogens with one attached hydrogen (secondary N) is 1. The number of aryl methyl sites for hydroxylation is 1. The lowest BCUT2D eigenvalue weighted by atomic mass is 9.94. The fraction of sp³-hybridized carbons (Fsp3) is 0.444. The Labute approximate surface area is 141 Å². The molecule has 6 heteroatoms. The van der Waals surface area contributed by atoms with E-state index in [4.69, 9.17) is 9.47 Å². The Kier molecular flexibility index (Phi) is 5.48. The number of rotatable bonds is 7. The van der Waals surface area contributed by atoms with Crippen LogP contribution in [0, 0.1) is 0 Å². The number of para-hydroxylation sites is 1. The van der Waals surface area contributed by atoms with Gasteiger partial charge in [0.2, 0.25) is 0 Å². The maximum absolute atomic E-state index is 12.2. The van der Waals surface area contributed by atoms with Gasteiger partial charge in [0, 0.05) is 13.3 Å². The highest BCUT2D eigenvalue weighted by molar-refractivity contribution is 5.78. The molecule has 0 saturated carbocycles. The Morgan fingerprint density at radius 1 is 1.38 bits per heavy atom. The number of nitrogens with zero attached hydrogens (tertiary/aromatic N) is 2. The van der Waals surface area contributed by atoms with E-state index in [0.717, 1.165) is 31.5 Å². The van der Waals surface area contributed by atoms with Crippen LogP contribution in [0.2, 0.25) is 0 Å². The highest BCUT2D eigenvalue weighted by Crippen LogP contribution is 2.28. The molecule has 0 radical (unpaired) electrons. The third kappa shape index (κ3) is 4.14. The Bertz CT molecular complexity index is 669. The monoisotopic (exact) mass is 329 g/mol. The van der Waals surface area contributed by atoms with E-state index in [2.05, 4.69) is 16.6 Å². The molecule has 24 heavy (non-hydrogen) atoms. The summed E-state index contributed by atoms with van der Waals surface area (Å²) in [4.78, 5) is 12.2. The van der Waals surface area contributed by atoms with E-state index < -0.39 is 0 Å². The minimum atomic E-state index is -0.122. The van der Waals surface area contributed by atoms with Crippen molar-refractivity contribution in [1.82, 2.24) is 15.1 Å². The summed E-state index contributed by atoms with van der Waals surface area (Å²) < 4.78 is 12.5. The highest BCUT2D eigenvalue weighted by Gasteiger charge is 2.25. The van der Waals surface area contributed by atoms with Gasteiger partial charge in [-0.2, -0.15) is 5.10 Å². The molecule has 1 heterocycles. The number of fused-ring (bicyclic) bond motifs is 1. The molecule has 128 valence electrons. The first-order chi connectivity index (χ1) is 11.8. The summed E-state index contributed by atoms with van der Waals surface area (Å²) in [6.45, 7) is 1.37. The molecule has 6 nitrogen and oxygen atoms in total. The van der Waals surface area contributed by atoms with Gasteiger partial charge in [0.25, 0.3) is 5.91 Å². The van der Waals surface area contributed by atoms with E-state index in [1.165, 1.54) is 5.56 Å². The second-order valence-electron chi connectivity index (χ2n) is 5.91. The van der Waals surface area contributed by atoms with Crippen molar-refractivity contribution in [2.45, 2.75) is 31.8 Å². The van der Waals surface area contributed by atoms with Crippen molar-refractivity contribution >= 4 is 5.91 Å². The SMILES string of the molecule is COCCn1cc2c(n1)[C@H](NC(=O)COc1ccccc1)CCC2. The first-order valence-corrected chi connectivity index (χ1v) is 8.28. The van der Waals surface area contributed by atoms with Crippen molar-refractivity contribution in [1.29, 1.82) is 0 Å². The smallest absolute Gasteiger partial charge is 0.258 e. The first-order valence-electron chi connectivity index (χ1n) is 8.28. The summed E-state index contributed by atoms with van der Waals surface area (Å²) in [5.74, 6) is 0.573. The molecule has 1 aliphatic rings. The molecule has 0 bridgehead atoms. The van der Waals surface area contributed by atoms with E-state index in [0.29, 0.717) is 12.4 Å². The predicted molar refractivity (Wildman–Crippen MR) is 89.9 cm³/mol. The number of carbonyl (C=O) groups excluding carboxylic acids is 1. The van der Waals surface area contributed by atoms with Crippen LogP contribution >= 0.6 is 0 Å². The molecule has 0 fully saturated rings. The van der Waals surface area contributed by atoms with Crippen molar-refractivity contribution in [3.63, 3.8) is 0 Å². The number of ether oxygens (including phenoxy) is 2. The average molecular weight is 329 g/mol. The molecule has 1 aromatic heterocycles. The quantitative estimate of drug-likeness (QED) is 0.845. The third-order valence-electron chi connectivity index (χ3n) is 4.11. The van der Waals surface area contributed by atoms with Crippen LogP contribution in [0.25, 0.3) is 0 Å². The van der Waals surface area contributed by atoms with Crippen molar-refractivity contribution in [3.8, 4) is 5.75 Å². The summed E-state index contributed by atoms with van der Waals surface area (Å²) >= 11 is 0. The molecule has 0 unspecified atom stereocenters. The standard InChI is InChI=1S/C18H23N3O3/c1-23-11-10-21-12-14-6-5-9-16(18(14)20-21)19-17(22)13-24-15-7-3-2-4-8-15/h2-4,7-8,12,16H,5-6,9-11,13H2,1H3,(H,19,22)/t16-/m1/s1. The van der Waals surface area contributed by atoms with Crippen LogP contribution in [0.4, 0.5) is 0 Å². The molecule has 0 saturated heterocycles. The maximum Gasteiger partial charge on any atom is 0.258 e. The Balaban J connectivity index is 1.58. The Hall–Kier alpha value is -2.34. The zero-order valence-corrected chi connectivity index (χ0v) is 13.9. The van der Waals surface area contributed by atoms with Gasteiger partial charge in [-0.25, -0.2) is 0 Å². The Morgan fingerprint density at radius 2 is 2.21 bits per heavy atom. The number of carbonyl (C=O) groups is 1. The summed E-state index contributed by atoms with van der Waals surface area (Å²) in [6, 6.07) is 9.31. The highest BCUT2D eigenvalue weighted by atomic mass is 16.5. The lowest BCUT2D eigenvalue weighted by Crippen LogP contribution is -2.34. The third-order valence-corrected chi connectivity index (χ3v) is 4.11. The van der Waals surface area contributed by atoms with Gasteiger partial charge < -0.3 is 14.8 Å². The van der Waals surface area contributed by atoms with Gasteiger partial charge in [-0.1, -0.05) is 18.2 Å². The van der Waals surface area contributed by atoms with E-state index in [1.807, 2.05) is 35.0 Å². The van der Waals surface area contributed by atoms with Crippen LogP contribution in [0.15, 0.2) is 36.5 Å². The molecule has 1 aliphatic carbocycles. The zero-order chi connectivity index (χ0) is 16.8. The van der Waals surface area contributed by atoms with Gasteiger partial charge in [-0.05, 0) is 37.0 Å². The minimum absolute atomic E-state index is 0.0141. The number of benzene rings is 1. The zero-order valence-electron chi connectivity index (χ0n) is 13.9. The summed E-state index contributed by atoms with van der Waals surface area (Å²) in [5, 5.41) is 7.67. The molecule has 1 aromatic carbocycles. The molecule has 2 aromatic rings. The fourth-order valence-corrected chi connectivity index (χ4v) is 2.94. The number of amides is 1. The van der Waals surface area contributed by atoms with Gasteiger partial charge in [0.15, 0.2) is 6.61 Å². The molecule has 0 aliphatic heterocycles. The van der Waals surface area contributed by atoms with Crippen molar-refractivity contribution in [2.75, 3.05) is 20.3 Å². The van der Waals surface area contributed by atoms with Crippen LogP contribution < -0.4 is 10.1 Å². The summed E-state index contributed by atoms with van der Waals surface area (Å²) in [6.07, 6.45) is 5.03. The molecule has 1 amide bonds. The van der Waals surface area contributed by atoms with Crippen molar-refractivity contribution in [2.24, 2.45) is 0 Å². The molecular formula is C18H23N3O3. The van der Waals surface area contributed by atoms with Crippen LogP contribution in [-0.4, -0.2) is 36.0 Å². The van der Waals surface area contributed by atoms with E-state index in [1.54, 1.807) is 7.11 Å². The summed E-state index contributed by atoms with van der Waals surface area (Å²) in [5.41, 5.74) is 2.19. The average Bonchev–Trinajstić information content (AvgIpc) is 3.03. The second-order valence-corrected chi connectivity index (χ2v) is 5.91. The Morgan fingerprint density at radius 3 is 3.00 bits per heavy atom. The van der Waals surface area contributed by atoms with Crippen LogP contribution in [-0.2, 0) is 22.5 Å².